The number of fused-ring (bicyclic) bond motifs is 1. The van der Waals surface area contributed by atoms with Gasteiger partial charge in [-0.15, -0.1) is 0 Å². The normalized spacial score (nSPS) is 13.7. The van der Waals surface area contributed by atoms with Gasteiger partial charge in [-0.2, -0.15) is 0 Å². The number of nitrogen functional groups attached to an aromatic ring is 1. The summed E-state index contributed by atoms with van der Waals surface area (Å²) in [4.78, 5) is 8.76. The zero-order valence-electron chi connectivity index (χ0n) is 9.58. The van der Waals surface area contributed by atoms with Crippen molar-refractivity contribution in [2.45, 2.75) is 19.3 Å². The van der Waals surface area contributed by atoms with Gasteiger partial charge in [0.25, 0.3) is 0 Å². The Kier molecular flexibility index (Phi) is 2.78. The van der Waals surface area contributed by atoms with Crippen LogP contribution < -0.4 is 5.73 Å². The number of aryl methyl sites for hydroxylation is 1. The Morgan fingerprint density at radius 1 is 1.17 bits per heavy atom. The molecule has 1 aliphatic carbocycles. The second kappa shape index (κ2) is 4.31. The van der Waals surface area contributed by atoms with Crippen LogP contribution in [0.5, 0.6) is 0 Å². The Hall–Kier alpha value is -1.49. The molecule has 3 rings (SSSR count). The molecule has 92 valence electrons. The lowest BCUT2D eigenvalue weighted by molar-refractivity contribution is 0.627. The average molecular weight is 308 g/mol. The first-order valence-electron chi connectivity index (χ1n) is 5.75. The molecule has 0 spiro atoms. The summed E-state index contributed by atoms with van der Waals surface area (Å²) in [5.41, 5.74) is 8.62. The molecular weight excluding hydrogens is 297 g/mol. The molecule has 0 atom stereocenters. The van der Waals surface area contributed by atoms with Crippen LogP contribution in [0.2, 0.25) is 0 Å². The van der Waals surface area contributed by atoms with E-state index in [9.17, 15) is 4.39 Å². The first-order valence-corrected chi connectivity index (χ1v) is 6.54. The van der Waals surface area contributed by atoms with Crippen LogP contribution in [0.15, 0.2) is 22.7 Å². The smallest absolute Gasteiger partial charge is 0.161 e. The summed E-state index contributed by atoms with van der Waals surface area (Å²) in [5.74, 6) is 0.697. The van der Waals surface area contributed by atoms with Crippen LogP contribution in [0.25, 0.3) is 11.4 Å². The zero-order chi connectivity index (χ0) is 12.7. The van der Waals surface area contributed by atoms with Crippen molar-refractivity contribution in [3.63, 3.8) is 0 Å². The van der Waals surface area contributed by atoms with Gasteiger partial charge in [-0.3, -0.25) is 0 Å². The summed E-state index contributed by atoms with van der Waals surface area (Å²) in [7, 11) is 0. The quantitative estimate of drug-likeness (QED) is 0.880. The molecule has 0 saturated carbocycles. The van der Waals surface area contributed by atoms with Crippen molar-refractivity contribution in [3.8, 4) is 11.4 Å². The van der Waals surface area contributed by atoms with Crippen LogP contribution in [0.1, 0.15) is 17.7 Å². The van der Waals surface area contributed by atoms with Crippen LogP contribution in [0.3, 0.4) is 0 Å². The van der Waals surface area contributed by atoms with Gasteiger partial charge in [-0.05, 0) is 37.5 Å². The molecule has 1 aromatic carbocycles. The minimum Gasteiger partial charge on any atom is -0.383 e. The van der Waals surface area contributed by atoms with E-state index in [-0.39, 0.29) is 5.82 Å². The van der Waals surface area contributed by atoms with E-state index >= 15 is 0 Å². The maximum Gasteiger partial charge on any atom is 0.161 e. The van der Waals surface area contributed by atoms with E-state index in [2.05, 4.69) is 25.9 Å². The van der Waals surface area contributed by atoms with Gasteiger partial charge >= 0.3 is 0 Å². The minimum atomic E-state index is -0.318. The third-order valence-electron chi connectivity index (χ3n) is 3.09. The van der Waals surface area contributed by atoms with Gasteiger partial charge in [0.15, 0.2) is 5.82 Å². The summed E-state index contributed by atoms with van der Waals surface area (Å²) in [6, 6.07) is 4.61. The van der Waals surface area contributed by atoms with Gasteiger partial charge in [0.1, 0.15) is 11.6 Å². The van der Waals surface area contributed by atoms with Crippen molar-refractivity contribution in [2.24, 2.45) is 0 Å². The van der Waals surface area contributed by atoms with E-state index in [1.165, 1.54) is 12.1 Å². The predicted octanol–water partition coefficient (Wildman–Crippen LogP) is 3.12. The lowest BCUT2D eigenvalue weighted by atomic mass is 10.2. The van der Waals surface area contributed by atoms with E-state index in [4.69, 9.17) is 5.73 Å². The third kappa shape index (κ3) is 1.99. The number of nitrogens with two attached hydrogens (primary N) is 1. The van der Waals surface area contributed by atoms with E-state index in [1.807, 2.05) is 0 Å². The largest absolute Gasteiger partial charge is 0.383 e. The molecule has 5 heteroatoms. The number of halogens is 2. The molecule has 0 fully saturated rings. The van der Waals surface area contributed by atoms with Gasteiger partial charge in [0.2, 0.25) is 0 Å². The molecule has 0 aliphatic heterocycles. The van der Waals surface area contributed by atoms with Crippen LogP contribution in [0.4, 0.5) is 10.2 Å². The summed E-state index contributed by atoms with van der Waals surface area (Å²) < 4.78 is 14.0. The lowest BCUT2D eigenvalue weighted by Gasteiger charge is -2.07. The van der Waals surface area contributed by atoms with E-state index in [0.29, 0.717) is 21.7 Å². The summed E-state index contributed by atoms with van der Waals surface area (Å²) in [6.45, 7) is 0. The molecule has 1 aliphatic rings. The topological polar surface area (TPSA) is 51.8 Å². The number of rotatable bonds is 1. The van der Waals surface area contributed by atoms with Crippen molar-refractivity contribution in [1.29, 1.82) is 0 Å². The van der Waals surface area contributed by atoms with Crippen LogP contribution >= 0.6 is 15.9 Å². The fourth-order valence-corrected chi connectivity index (χ4v) is 2.74. The number of hydrogen-bond acceptors (Lipinski definition) is 3. The molecule has 1 heterocycles. The van der Waals surface area contributed by atoms with Crippen LogP contribution in [-0.2, 0) is 12.8 Å². The fourth-order valence-electron chi connectivity index (χ4n) is 2.27. The molecule has 2 N–H and O–H groups in total. The number of hydrogen-bond donors (Lipinski definition) is 1. The molecule has 0 radical (unpaired) electrons. The molecule has 1 aromatic heterocycles. The highest BCUT2D eigenvalue weighted by Gasteiger charge is 2.18. The van der Waals surface area contributed by atoms with Crippen LogP contribution in [0, 0.1) is 5.82 Å². The second-order valence-corrected chi connectivity index (χ2v) is 5.29. The Labute approximate surface area is 112 Å². The SMILES string of the molecule is Nc1nc(-c2cc(F)cc(Br)c2)nc2c1CCC2. The highest BCUT2D eigenvalue weighted by molar-refractivity contribution is 9.10. The minimum absolute atomic E-state index is 0.318. The Balaban J connectivity index is 2.15. The molecule has 0 bridgehead atoms. The number of anilines is 1. The van der Waals surface area contributed by atoms with Gasteiger partial charge in [0.05, 0.1) is 0 Å². The lowest BCUT2D eigenvalue weighted by Crippen LogP contribution is -2.03. The highest BCUT2D eigenvalue weighted by atomic mass is 79.9. The maximum absolute atomic E-state index is 13.4. The van der Waals surface area contributed by atoms with Crippen molar-refractivity contribution in [2.75, 3.05) is 5.73 Å². The maximum atomic E-state index is 13.4. The average Bonchev–Trinajstić information content (AvgIpc) is 2.76. The molecular formula is C13H11BrFN3. The summed E-state index contributed by atoms with van der Waals surface area (Å²) >= 11 is 3.26. The third-order valence-corrected chi connectivity index (χ3v) is 3.54. The number of aromatic nitrogens is 2. The Morgan fingerprint density at radius 2 is 2.00 bits per heavy atom. The van der Waals surface area contributed by atoms with Crippen molar-refractivity contribution in [3.05, 3.63) is 39.7 Å². The van der Waals surface area contributed by atoms with E-state index in [1.54, 1.807) is 6.07 Å². The van der Waals surface area contributed by atoms with E-state index < -0.39 is 0 Å². The first kappa shape index (κ1) is 11.6. The number of benzene rings is 1. The van der Waals surface area contributed by atoms with Gasteiger partial charge < -0.3 is 5.73 Å². The molecule has 0 unspecified atom stereocenters. The van der Waals surface area contributed by atoms with Gasteiger partial charge in [-0.1, -0.05) is 15.9 Å². The monoisotopic (exact) mass is 307 g/mol. The first-order chi connectivity index (χ1) is 8.63. The molecule has 3 nitrogen and oxygen atoms in total. The number of nitrogens with zero attached hydrogens (tertiary/aromatic N) is 2. The Morgan fingerprint density at radius 3 is 2.78 bits per heavy atom. The summed E-state index contributed by atoms with van der Waals surface area (Å²) in [6.07, 6.45) is 2.92. The van der Waals surface area contributed by atoms with Crippen molar-refractivity contribution in [1.82, 2.24) is 9.97 Å². The molecule has 2 aromatic rings. The molecule has 0 saturated heterocycles. The Bertz CT molecular complexity index is 608. The zero-order valence-corrected chi connectivity index (χ0v) is 11.2. The van der Waals surface area contributed by atoms with Crippen molar-refractivity contribution >= 4 is 21.7 Å². The van der Waals surface area contributed by atoms with Crippen LogP contribution in [-0.4, -0.2) is 9.97 Å². The summed E-state index contributed by atoms with van der Waals surface area (Å²) in [5, 5.41) is 0. The van der Waals surface area contributed by atoms with Crippen molar-refractivity contribution < 1.29 is 4.39 Å². The highest BCUT2D eigenvalue weighted by Crippen LogP contribution is 2.28. The fraction of sp³-hybridized carbons (Fsp3) is 0.231. The second-order valence-electron chi connectivity index (χ2n) is 4.37. The standard InChI is InChI=1S/C13H11BrFN3/c14-8-4-7(5-9(15)6-8)13-17-11-3-1-2-10(11)12(16)18-13/h4-6H,1-3H2,(H2,16,17,18). The molecule has 18 heavy (non-hydrogen) atoms. The van der Waals surface area contributed by atoms with Gasteiger partial charge in [-0.25, -0.2) is 14.4 Å². The molecule has 0 amide bonds. The predicted molar refractivity (Wildman–Crippen MR) is 71.6 cm³/mol. The van der Waals surface area contributed by atoms with Gasteiger partial charge in [0, 0.05) is 21.3 Å². The van der Waals surface area contributed by atoms with E-state index in [0.717, 1.165) is 30.5 Å².